The molecule has 6 heterocycles. The predicted molar refractivity (Wildman–Crippen MR) is 190 cm³/mol. The van der Waals surface area contributed by atoms with E-state index in [4.69, 9.17) is 30.7 Å². The number of halogens is 2. The Morgan fingerprint density at radius 3 is 2.80 bits per heavy atom. The molecular weight excluding hydrogens is 675 g/mol. The molecule has 0 bridgehead atoms. The van der Waals surface area contributed by atoms with Crippen LogP contribution in [0.15, 0.2) is 59.1 Å². The smallest absolute Gasteiger partial charge is 0.257 e. The number of rotatable bonds is 8. The van der Waals surface area contributed by atoms with Crippen molar-refractivity contribution in [1.82, 2.24) is 25.1 Å². The molecule has 0 spiro atoms. The minimum Gasteiger partial charge on any atom is -0.493 e. The average molecular weight is 707 g/mol. The second-order valence-electron chi connectivity index (χ2n) is 13.0. The van der Waals surface area contributed by atoms with Crippen LogP contribution in [-0.4, -0.2) is 44.6 Å². The van der Waals surface area contributed by atoms with E-state index in [0.29, 0.717) is 59.5 Å². The van der Waals surface area contributed by atoms with Crippen LogP contribution in [0.3, 0.4) is 0 Å². The quantitative estimate of drug-likeness (QED) is 0.168. The molecule has 2 atom stereocenters. The number of methoxy groups -OCH3 is 1. The van der Waals surface area contributed by atoms with E-state index < -0.39 is 0 Å². The molecule has 3 aliphatic rings. The Labute approximate surface area is 296 Å². The van der Waals surface area contributed by atoms with Crippen LogP contribution in [0.4, 0.5) is 10.2 Å². The molecule has 1 saturated heterocycles. The number of pyridine rings is 2. The number of amides is 1. The van der Waals surface area contributed by atoms with Crippen LogP contribution in [0.5, 0.6) is 5.75 Å². The third-order valence-electron chi connectivity index (χ3n) is 10.2. The van der Waals surface area contributed by atoms with Gasteiger partial charge in [0.2, 0.25) is 11.8 Å². The fourth-order valence-electron chi connectivity index (χ4n) is 7.93. The maximum absolute atomic E-state index is 14.5. The Bertz CT molecular complexity index is 2340. The van der Waals surface area contributed by atoms with E-state index in [-0.39, 0.29) is 23.8 Å². The molecule has 1 N–H and O–H groups in total. The standard InChI is InChI=1S/C38H32ClFN6O3S/c1-19-44-45-37(49-19)30-27(13-9-20-6-3-4-7-24(20)39)42-33-28-8-5-17-46(28)38(47)32(33)31(30)29-18-21-15-16-41-36(35(21)50-29)43-26-14-11-23-22(26)10-12-25(40)34(23)48-2/h3-4,6-7,10,12,15-16,18,26,28H,5,8-9,11,13-14,17H2,1-2H3,(H,41,43)/t26-,28+/m1/s1. The molecule has 6 aromatic rings. The van der Waals surface area contributed by atoms with Crippen molar-refractivity contribution in [2.24, 2.45) is 0 Å². The number of aromatic nitrogens is 4. The number of hydrogen-bond acceptors (Lipinski definition) is 9. The van der Waals surface area contributed by atoms with E-state index in [1.807, 2.05) is 41.3 Å². The Morgan fingerprint density at radius 1 is 1.10 bits per heavy atom. The average Bonchev–Trinajstić information content (AvgIpc) is 3.95. The lowest BCUT2D eigenvalue weighted by Crippen LogP contribution is -2.22. The van der Waals surface area contributed by atoms with E-state index in [1.54, 1.807) is 24.5 Å². The van der Waals surface area contributed by atoms with Crippen molar-refractivity contribution >= 4 is 44.7 Å². The third-order valence-corrected chi connectivity index (χ3v) is 11.7. The van der Waals surface area contributed by atoms with E-state index >= 15 is 0 Å². The van der Waals surface area contributed by atoms with Crippen LogP contribution < -0.4 is 10.1 Å². The summed E-state index contributed by atoms with van der Waals surface area (Å²) in [7, 11) is 1.51. The molecule has 50 heavy (non-hydrogen) atoms. The van der Waals surface area contributed by atoms with Gasteiger partial charge in [0, 0.05) is 40.7 Å². The van der Waals surface area contributed by atoms with Crippen molar-refractivity contribution in [1.29, 1.82) is 0 Å². The number of nitrogens with one attached hydrogen (secondary N) is 1. The number of nitrogens with zero attached hydrogens (tertiary/aromatic N) is 5. The van der Waals surface area contributed by atoms with Gasteiger partial charge in [-0.05, 0) is 79.3 Å². The Kier molecular flexibility index (Phi) is 7.58. The second kappa shape index (κ2) is 12.2. The number of thiophene rings is 1. The molecule has 2 aliphatic heterocycles. The van der Waals surface area contributed by atoms with Crippen molar-refractivity contribution < 1.29 is 18.3 Å². The zero-order valence-electron chi connectivity index (χ0n) is 27.4. The van der Waals surface area contributed by atoms with Gasteiger partial charge in [0.15, 0.2) is 11.6 Å². The summed E-state index contributed by atoms with van der Waals surface area (Å²) in [4.78, 5) is 27.1. The molecule has 1 aliphatic carbocycles. The molecule has 0 radical (unpaired) electrons. The Balaban J connectivity index is 1.20. The summed E-state index contributed by atoms with van der Waals surface area (Å²) in [6.07, 6.45) is 6.30. The fraction of sp³-hybridized carbons (Fsp3) is 0.289. The number of carbonyl (C=O) groups excluding carboxylic acids is 1. The highest BCUT2D eigenvalue weighted by Gasteiger charge is 2.45. The van der Waals surface area contributed by atoms with Crippen molar-refractivity contribution in [3.05, 3.63) is 105 Å². The number of carbonyl (C=O) groups is 1. The lowest BCUT2D eigenvalue weighted by Gasteiger charge is -2.16. The van der Waals surface area contributed by atoms with Crippen molar-refractivity contribution in [2.75, 3.05) is 19.0 Å². The van der Waals surface area contributed by atoms with E-state index in [0.717, 1.165) is 73.7 Å². The number of anilines is 1. The first kappa shape index (κ1) is 31.1. The van der Waals surface area contributed by atoms with Crippen molar-refractivity contribution in [2.45, 2.75) is 57.5 Å². The molecule has 9 nitrogen and oxygen atoms in total. The van der Waals surface area contributed by atoms with Gasteiger partial charge >= 0.3 is 0 Å². The van der Waals surface area contributed by atoms with Gasteiger partial charge in [-0.15, -0.1) is 21.5 Å². The third kappa shape index (κ3) is 4.97. The minimum atomic E-state index is -0.353. The highest BCUT2D eigenvalue weighted by molar-refractivity contribution is 7.23. The number of aryl methyl sites for hydroxylation is 3. The maximum atomic E-state index is 14.5. The topological polar surface area (TPSA) is 106 Å². The molecule has 252 valence electrons. The Hall–Kier alpha value is -4.87. The van der Waals surface area contributed by atoms with Gasteiger partial charge in [0.05, 0.1) is 46.4 Å². The predicted octanol–water partition coefficient (Wildman–Crippen LogP) is 8.69. The normalized spacial score (nSPS) is 17.8. The molecule has 1 fully saturated rings. The SMILES string of the molecule is COc1c(F)ccc2c1CC[C@H]2Nc1nccc2cc(-c3c4c(nc(CCc5ccccc5Cl)c3-c3nnc(C)o3)[C@@H]3CCCN3C4=O)sc12. The van der Waals surface area contributed by atoms with Gasteiger partial charge in [0.1, 0.15) is 5.82 Å². The van der Waals surface area contributed by atoms with Gasteiger partial charge in [-0.1, -0.05) is 35.9 Å². The van der Waals surface area contributed by atoms with Crippen LogP contribution in [0, 0.1) is 12.7 Å². The molecule has 0 unspecified atom stereocenters. The van der Waals surface area contributed by atoms with Gasteiger partial charge in [-0.25, -0.2) is 9.37 Å². The number of ether oxygens (including phenoxy) is 1. The van der Waals surface area contributed by atoms with Crippen LogP contribution in [0.25, 0.3) is 32.0 Å². The molecular formula is C38H32ClFN6O3S. The highest BCUT2D eigenvalue weighted by atomic mass is 35.5. The van der Waals surface area contributed by atoms with E-state index in [1.165, 1.54) is 13.2 Å². The lowest BCUT2D eigenvalue weighted by atomic mass is 9.93. The van der Waals surface area contributed by atoms with Crippen molar-refractivity contribution in [3.8, 4) is 27.6 Å². The van der Waals surface area contributed by atoms with Crippen LogP contribution >= 0.6 is 22.9 Å². The van der Waals surface area contributed by atoms with Crippen LogP contribution in [0.2, 0.25) is 5.02 Å². The fourth-order valence-corrected chi connectivity index (χ4v) is 9.32. The Morgan fingerprint density at radius 2 is 1.98 bits per heavy atom. The monoisotopic (exact) mass is 706 g/mol. The zero-order valence-corrected chi connectivity index (χ0v) is 29.0. The number of benzene rings is 2. The first-order valence-electron chi connectivity index (χ1n) is 16.8. The minimum absolute atomic E-state index is 0.0159. The first-order valence-corrected chi connectivity index (χ1v) is 18.0. The summed E-state index contributed by atoms with van der Waals surface area (Å²) < 4.78 is 27.0. The molecule has 0 saturated carbocycles. The maximum Gasteiger partial charge on any atom is 0.257 e. The molecule has 9 rings (SSSR count). The molecule has 12 heteroatoms. The van der Waals surface area contributed by atoms with E-state index in [9.17, 15) is 9.18 Å². The summed E-state index contributed by atoms with van der Waals surface area (Å²) in [5.41, 5.74) is 6.57. The number of hydrogen-bond donors (Lipinski definition) is 1. The van der Waals surface area contributed by atoms with Gasteiger partial charge in [-0.2, -0.15) is 0 Å². The van der Waals surface area contributed by atoms with Gasteiger partial charge in [0.25, 0.3) is 5.91 Å². The summed E-state index contributed by atoms with van der Waals surface area (Å²) in [6.45, 7) is 2.46. The van der Waals surface area contributed by atoms with E-state index in [2.05, 4.69) is 21.6 Å². The zero-order chi connectivity index (χ0) is 34.1. The highest BCUT2D eigenvalue weighted by Crippen LogP contribution is 2.51. The summed E-state index contributed by atoms with van der Waals surface area (Å²) in [6, 6.07) is 15.1. The van der Waals surface area contributed by atoms with Crippen LogP contribution in [0.1, 0.15) is 75.7 Å². The molecule has 2 aromatic carbocycles. The van der Waals surface area contributed by atoms with Crippen molar-refractivity contribution in [3.63, 3.8) is 0 Å². The summed E-state index contributed by atoms with van der Waals surface area (Å²) in [5, 5.41) is 14.0. The number of fused-ring (bicyclic) bond motifs is 5. The summed E-state index contributed by atoms with van der Waals surface area (Å²) >= 11 is 8.16. The second-order valence-corrected chi connectivity index (χ2v) is 14.5. The van der Waals surface area contributed by atoms with Gasteiger partial charge in [-0.3, -0.25) is 9.78 Å². The van der Waals surface area contributed by atoms with Crippen LogP contribution in [-0.2, 0) is 19.3 Å². The molecule has 1 amide bonds. The lowest BCUT2D eigenvalue weighted by molar-refractivity contribution is 0.0776. The summed E-state index contributed by atoms with van der Waals surface area (Å²) in [5.74, 6) is 1.43. The first-order chi connectivity index (χ1) is 24.4. The molecule has 4 aromatic heterocycles. The van der Waals surface area contributed by atoms with Gasteiger partial charge < -0.3 is 19.4 Å². The largest absolute Gasteiger partial charge is 0.493 e.